The van der Waals surface area contributed by atoms with Gasteiger partial charge in [0, 0.05) is 18.6 Å². The van der Waals surface area contributed by atoms with Crippen LogP contribution in [0.25, 0.3) is 0 Å². The molecule has 1 aliphatic heterocycles. The van der Waals surface area contributed by atoms with E-state index in [1.54, 1.807) is 11.3 Å². The first kappa shape index (κ1) is 13.6. The Morgan fingerprint density at radius 1 is 1.50 bits per heavy atom. The lowest BCUT2D eigenvalue weighted by Crippen LogP contribution is -2.51. The van der Waals surface area contributed by atoms with Crippen molar-refractivity contribution in [2.24, 2.45) is 0 Å². The summed E-state index contributed by atoms with van der Waals surface area (Å²) in [5.74, 6) is 0.222. The number of aryl methyl sites for hydroxylation is 1. The summed E-state index contributed by atoms with van der Waals surface area (Å²) < 4.78 is 0. The maximum atomic E-state index is 12.5. The predicted molar refractivity (Wildman–Crippen MR) is 76.3 cm³/mol. The Kier molecular flexibility index (Phi) is 4.07. The van der Waals surface area contributed by atoms with Crippen LogP contribution in [-0.2, 0) is 6.42 Å². The normalized spacial score (nSPS) is 18.9. The summed E-state index contributed by atoms with van der Waals surface area (Å²) in [6, 6.07) is 2.07. The summed E-state index contributed by atoms with van der Waals surface area (Å²) in [5, 5.41) is 5.38. The van der Waals surface area contributed by atoms with Crippen molar-refractivity contribution in [3.63, 3.8) is 0 Å². The number of carbonyl (C=O) groups excluding carboxylic acids is 1. The van der Waals surface area contributed by atoms with E-state index < -0.39 is 0 Å². The average Bonchev–Trinajstić information content (AvgIpc) is 2.87. The Morgan fingerprint density at radius 2 is 2.17 bits per heavy atom. The van der Waals surface area contributed by atoms with Crippen LogP contribution in [0.5, 0.6) is 0 Å². The Morgan fingerprint density at radius 3 is 2.72 bits per heavy atom. The van der Waals surface area contributed by atoms with E-state index in [4.69, 9.17) is 0 Å². The number of thiophene rings is 1. The van der Waals surface area contributed by atoms with Gasteiger partial charge in [0.15, 0.2) is 0 Å². The molecule has 0 radical (unpaired) electrons. The molecule has 2 rings (SSSR count). The van der Waals surface area contributed by atoms with Crippen molar-refractivity contribution < 1.29 is 4.79 Å². The van der Waals surface area contributed by atoms with Gasteiger partial charge in [-0.05, 0) is 50.2 Å². The van der Waals surface area contributed by atoms with Gasteiger partial charge in [0.2, 0.25) is 0 Å². The first-order valence-corrected chi connectivity index (χ1v) is 7.52. The molecular formula is C14H22N2OS. The van der Waals surface area contributed by atoms with Crippen LogP contribution in [0.3, 0.4) is 0 Å². The van der Waals surface area contributed by atoms with E-state index in [1.807, 2.05) is 17.3 Å². The van der Waals surface area contributed by atoms with Crippen molar-refractivity contribution in [2.45, 2.75) is 38.6 Å². The van der Waals surface area contributed by atoms with Crippen molar-refractivity contribution in [3.8, 4) is 0 Å². The van der Waals surface area contributed by atoms with Crippen LogP contribution in [0.4, 0.5) is 0 Å². The van der Waals surface area contributed by atoms with Gasteiger partial charge in [0.25, 0.3) is 5.91 Å². The molecule has 0 bridgehead atoms. The number of rotatable bonds is 3. The lowest BCUT2D eigenvalue weighted by Gasteiger charge is -2.39. The van der Waals surface area contributed by atoms with Crippen molar-refractivity contribution in [2.75, 3.05) is 20.1 Å². The molecule has 1 amide bonds. The number of nitrogens with zero attached hydrogens (tertiary/aromatic N) is 1. The molecule has 18 heavy (non-hydrogen) atoms. The highest BCUT2D eigenvalue weighted by Gasteiger charge is 2.31. The third-order valence-electron chi connectivity index (χ3n) is 4.08. The van der Waals surface area contributed by atoms with Crippen LogP contribution < -0.4 is 5.32 Å². The predicted octanol–water partition coefficient (Wildman–Crippen LogP) is 2.52. The van der Waals surface area contributed by atoms with E-state index >= 15 is 0 Å². The Balaban J connectivity index is 2.04. The maximum absolute atomic E-state index is 12.5. The zero-order valence-corrected chi connectivity index (χ0v) is 12.3. The molecule has 1 aliphatic rings. The van der Waals surface area contributed by atoms with E-state index in [9.17, 15) is 4.79 Å². The van der Waals surface area contributed by atoms with Gasteiger partial charge in [-0.2, -0.15) is 0 Å². The largest absolute Gasteiger partial charge is 0.338 e. The molecule has 0 unspecified atom stereocenters. The van der Waals surface area contributed by atoms with Crippen molar-refractivity contribution in [1.82, 2.24) is 10.2 Å². The maximum Gasteiger partial charge on any atom is 0.264 e. The van der Waals surface area contributed by atoms with E-state index in [0.29, 0.717) is 0 Å². The first-order valence-electron chi connectivity index (χ1n) is 6.64. The Labute approximate surface area is 113 Å². The number of likely N-dealkylation sites (tertiary alicyclic amines) is 1. The van der Waals surface area contributed by atoms with Crippen molar-refractivity contribution >= 4 is 17.2 Å². The van der Waals surface area contributed by atoms with Gasteiger partial charge >= 0.3 is 0 Å². The van der Waals surface area contributed by atoms with Gasteiger partial charge < -0.3 is 10.2 Å². The zero-order chi connectivity index (χ0) is 13.2. The minimum Gasteiger partial charge on any atom is -0.338 e. The molecule has 0 atom stereocenters. The van der Waals surface area contributed by atoms with Gasteiger partial charge in [-0.15, -0.1) is 11.3 Å². The van der Waals surface area contributed by atoms with E-state index in [-0.39, 0.29) is 11.4 Å². The van der Waals surface area contributed by atoms with Gasteiger partial charge in [0.05, 0.1) is 4.88 Å². The molecule has 100 valence electrons. The van der Waals surface area contributed by atoms with Crippen molar-refractivity contribution in [1.29, 1.82) is 0 Å². The molecule has 1 aromatic rings. The Bertz CT molecular complexity index is 419. The van der Waals surface area contributed by atoms with E-state index in [0.717, 1.165) is 37.2 Å². The topological polar surface area (TPSA) is 32.3 Å². The van der Waals surface area contributed by atoms with Crippen LogP contribution in [0.15, 0.2) is 11.4 Å². The Hall–Kier alpha value is -0.870. The number of amides is 1. The second-order valence-electron chi connectivity index (χ2n) is 5.23. The van der Waals surface area contributed by atoms with Crippen LogP contribution in [0.2, 0.25) is 0 Å². The zero-order valence-electron chi connectivity index (χ0n) is 11.5. The standard InChI is InChI=1S/C14H22N2OS/c1-4-11-5-10-18-12(11)13(17)16-8-6-14(2,15-3)7-9-16/h5,10,15H,4,6-9H2,1-3H3. The molecule has 0 saturated carbocycles. The highest BCUT2D eigenvalue weighted by Crippen LogP contribution is 2.25. The summed E-state index contributed by atoms with van der Waals surface area (Å²) in [5.41, 5.74) is 1.38. The molecule has 1 aromatic heterocycles. The molecule has 3 nitrogen and oxygen atoms in total. The summed E-state index contributed by atoms with van der Waals surface area (Å²) in [7, 11) is 2.01. The quantitative estimate of drug-likeness (QED) is 0.912. The third-order valence-corrected chi connectivity index (χ3v) is 5.02. The molecule has 4 heteroatoms. The second kappa shape index (κ2) is 5.41. The summed E-state index contributed by atoms with van der Waals surface area (Å²) >= 11 is 1.57. The smallest absolute Gasteiger partial charge is 0.264 e. The lowest BCUT2D eigenvalue weighted by molar-refractivity contribution is 0.0666. The van der Waals surface area contributed by atoms with Gasteiger partial charge in [-0.3, -0.25) is 4.79 Å². The van der Waals surface area contributed by atoms with E-state index in [1.165, 1.54) is 5.56 Å². The summed E-state index contributed by atoms with van der Waals surface area (Å²) in [4.78, 5) is 15.4. The monoisotopic (exact) mass is 266 g/mol. The first-order chi connectivity index (χ1) is 8.59. The van der Waals surface area contributed by atoms with Gasteiger partial charge in [-0.25, -0.2) is 0 Å². The van der Waals surface area contributed by atoms with E-state index in [2.05, 4.69) is 25.2 Å². The number of hydrogen-bond acceptors (Lipinski definition) is 3. The average molecular weight is 266 g/mol. The highest BCUT2D eigenvalue weighted by atomic mass is 32.1. The molecule has 0 aliphatic carbocycles. The van der Waals surface area contributed by atoms with Crippen LogP contribution >= 0.6 is 11.3 Å². The van der Waals surface area contributed by atoms with Gasteiger partial charge in [-0.1, -0.05) is 6.92 Å². The fourth-order valence-electron chi connectivity index (χ4n) is 2.40. The third kappa shape index (κ3) is 2.59. The van der Waals surface area contributed by atoms with Crippen LogP contribution in [0, 0.1) is 0 Å². The minimum absolute atomic E-state index is 0.194. The highest BCUT2D eigenvalue weighted by molar-refractivity contribution is 7.12. The fraction of sp³-hybridized carbons (Fsp3) is 0.643. The van der Waals surface area contributed by atoms with Crippen LogP contribution in [0.1, 0.15) is 41.9 Å². The number of carbonyl (C=O) groups is 1. The lowest BCUT2D eigenvalue weighted by atomic mass is 9.90. The van der Waals surface area contributed by atoms with Crippen molar-refractivity contribution in [3.05, 3.63) is 21.9 Å². The molecule has 0 spiro atoms. The van der Waals surface area contributed by atoms with Gasteiger partial charge in [0.1, 0.15) is 0 Å². The molecule has 1 saturated heterocycles. The number of piperidine rings is 1. The molecule has 1 N–H and O–H groups in total. The second-order valence-corrected chi connectivity index (χ2v) is 6.15. The summed E-state index contributed by atoms with van der Waals surface area (Å²) in [6.45, 7) is 6.05. The molecule has 1 fully saturated rings. The summed E-state index contributed by atoms with van der Waals surface area (Å²) in [6.07, 6.45) is 3.00. The molecule has 0 aromatic carbocycles. The molecule has 2 heterocycles. The number of hydrogen-bond donors (Lipinski definition) is 1. The minimum atomic E-state index is 0.194. The fourth-order valence-corrected chi connectivity index (χ4v) is 3.36. The molecular weight excluding hydrogens is 244 g/mol. The van der Waals surface area contributed by atoms with Crippen LogP contribution in [-0.4, -0.2) is 36.5 Å². The number of nitrogens with one attached hydrogen (secondary N) is 1. The SMILES string of the molecule is CCc1ccsc1C(=O)N1CCC(C)(NC)CC1.